The number of nitrogens with one attached hydrogen (secondary N) is 2. The molecule has 2 aromatic rings. The summed E-state index contributed by atoms with van der Waals surface area (Å²) in [5, 5.41) is 10.7. The normalized spacial score (nSPS) is 12.2. The van der Waals surface area contributed by atoms with Gasteiger partial charge in [0, 0.05) is 11.6 Å². The van der Waals surface area contributed by atoms with E-state index in [9.17, 15) is 18.4 Å². The third-order valence-corrected chi connectivity index (χ3v) is 4.66. The summed E-state index contributed by atoms with van der Waals surface area (Å²) in [6.45, 7) is 6.20. The first-order valence-corrected chi connectivity index (χ1v) is 9.59. The molecule has 1 atom stereocenters. The number of amides is 1. The van der Waals surface area contributed by atoms with Crippen molar-refractivity contribution in [3.8, 4) is 11.3 Å². The Hall–Kier alpha value is -2.29. The molecule has 0 fully saturated rings. The maximum Gasteiger partial charge on any atom is 0.278 e. The van der Waals surface area contributed by atoms with Gasteiger partial charge in [0.05, 0.1) is 5.75 Å². The second kappa shape index (κ2) is 9.59. The molecular formula is C18H22F2N4O2S. The summed E-state index contributed by atoms with van der Waals surface area (Å²) >= 11 is 1.04. The molecule has 27 heavy (non-hydrogen) atoms. The molecular weight excluding hydrogens is 374 g/mol. The SMILES string of the molecule is CC(C)CC[C@H](C)NC(=O)CSc1nnc(-c2ccc(F)c(F)c2)c(=O)[nH]1. The molecule has 0 spiro atoms. The van der Waals surface area contributed by atoms with Crippen LogP contribution in [0.3, 0.4) is 0 Å². The molecule has 0 radical (unpaired) electrons. The van der Waals surface area contributed by atoms with Gasteiger partial charge in [-0.2, -0.15) is 0 Å². The molecule has 0 aliphatic rings. The second-order valence-electron chi connectivity index (χ2n) is 6.67. The number of benzene rings is 1. The minimum atomic E-state index is -1.07. The topological polar surface area (TPSA) is 87.7 Å². The number of carbonyl (C=O) groups excluding carboxylic acids is 1. The Balaban J connectivity index is 1.94. The van der Waals surface area contributed by atoms with E-state index >= 15 is 0 Å². The Morgan fingerprint density at radius 1 is 1.19 bits per heavy atom. The lowest BCUT2D eigenvalue weighted by Gasteiger charge is -2.14. The van der Waals surface area contributed by atoms with Gasteiger partial charge in [-0.1, -0.05) is 25.6 Å². The Morgan fingerprint density at radius 3 is 2.56 bits per heavy atom. The van der Waals surface area contributed by atoms with Crippen LogP contribution in [0.2, 0.25) is 0 Å². The van der Waals surface area contributed by atoms with Crippen LogP contribution in [0.15, 0.2) is 28.2 Å². The van der Waals surface area contributed by atoms with E-state index in [4.69, 9.17) is 0 Å². The first-order valence-electron chi connectivity index (χ1n) is 8.61. The maximum absolute atomic E-state index is 13.3. The monoisotopic (exact) mass is 396 g/mol. The van der Waals surface area contributed by atoms with Gasteiger partial charge in [0.25, 0.3) is 5.56 Å². The van der Waals surface area contributed by atoms with Crippen LogP contribution in [0.5, 0.6) is 0 Å². The molecule has 0 bridgehead atoms. The zero-order valence-electron chi connectivity index (χ0n) is 15.4. The average Bonchev–Trinajstić information content (AvgIpc) is 2.61. The molecule has 1 aromatic heterocycles. The van der Waals surface area contributed by atoms with Crippen LogP contribution in [0.1, 0.15) is 33.6 Å². The number of halogens is 2. The lowest BCUT2D eigenvalue weighted by molar-refractivity contribution is -0.119. The molecule has 146 valence electrons. The summed E-state index contributed by atoms with van der Waals surface area (Å²) in [4.78, 5) is 26.6. The summed E-state index contributed by atoms with van der Waals surface area (Å²) in [6.07, 6.45) is 1.92. The van der Waals surface area contributed by atoms with E-state index in [1.807, 2.05) is 6.92 Å². The zero-order valence-corrected chi connectivity index (χ0v) is 16.2. The van der Waals surface area contributed by atoms with E-state index in [2.05, 4.69) is 34.3 Å². The number of hydrogen-bond acceptors (Lipinski definition) is 5. The van der Waals surface area contributed by atoms with Crippen LogP contribution in [0.25, 0.3) is 11.3 Å². The Morgan fingerprint density at radius 2 is 1.93 bits per heavy atom. The number of rotatable bonds is 8. The van der Waals surface area contributed by atoms with Crippen molar-refractivity contribution in [2.45, 2.75) is 44.8 Å². The average molecular weight is 396 g/mol. The number of nitrogens with zero attached hydrogens (tertiary/aromatic N) is 2. The van der Waals surface area contributed by atoms with Gasteiger partial charge >= 0.3 is 0 Å². The van der Waals surface area contributed by atoms with Crippen LogP contribution in [0, 0.1) is 17.6 Å². The van der Waals surface area contributed by atoms with Crippen molar-refractivity contribution in [3.63, 3.8) is 0 Å². The number of thioether (sulfide) groups is 1. The van der Waals surface area contributed by atoms with Gasteiger partial charge in [0.15, 0.2) is 22.5 Å². The van der Waals surface area contributed by atoms with Gasteiger partial charge in [-0.3, -0.25) is 14.6 Å². The van der Waals surface area contributed by atoms with Crippen molar-refractivity contribution in [2.24, 2.45) is 5.92 Å². The lowest BCUT2D eigenvalue weighted by atomic mass is 10.0. The van der Waals surface area contributed by atoms with Gasteiger partial charge in [-0.15, -0.1) is 10.2 Å². The summed E-state index contributed by atoms with van der Waals surface area (Å²) in [7, 11) is 0. The van der Waals surface area contributed by atoms with E-state index in [1.54, 1.807) is 0 Å². The molecule has 0 aliphatic heterocycles. The van der Waals surface area contributed by atoms with Crippen molar-refractivity contribution >= 4 is 17.7 Å². The van der Waals surface area contributed by atoms with Gasteiger partial charge in [-0.05, 0) is 43.9 Å². The van der Waals surface area contributed by atoms with Gasteiger partial charge in [0.2, 0.25) is 5.91 Å². The molecule has 9 heteroatoms. The quantitative estimate of drug-likeness (QED) is 0.670. The minimum absolute atomic E-state index is 0.0707. The molecule has 1 aromatic carbocycles. The first kappa shape index (κ1) is 21.0. The first-order chi connectivity index (χ1) is 12.8. The Kier molecular flexibility index (Phi) is 7.46. The van der Waals surface area contributed by atoms with Crippen molar-refractivity contribution in [1.82, 2.24) is 20.5 Å². The zero-order chi connectivity index (χ0) is 20.0. The summed E-state index contributed by atoms with van der Waals surface area (Å²) in [6, 6.07) is 3.12. The third kappa shape index (κ3) is 6.42. The number of H-pyrrole nitrogens is 1. The highest BCUT2D eigenvalue weighted by molar-refractivity contribution is 7.99. The molecule has 2 rings (SSSR count). The molecule has 1 heterocycles. The lowest BCUT2D eigenvalue weighted by Crippen LogP contribution is -2.34. The van der Waals surface area contributed by atoms with Gasteiger partial charge in [-0.25, -0.2) is 8.78 Å². The summed E-state index contributed by atoms with van der Waals surface area (Å²) < 4.78 is 26.3. The highest BCUT2D eigenvalue weighted by atomic mass is 32.2. The Bertz CT molecular complexity index is 857. The van der Waals surface area contributed by atoms with E-state index in [0.29, 0.717) is 5.92 Å². The number of hydrogen-bond donors (Lipinski definition) is 2. The number of carbonyl (C=O) groups is 1. The van der Waals surface area contributed by atoms with Gasteiger partial charge in [0.1, 0.15) is 0 Å². The highest BCUT2D eigenvalue weighted by Crippen LogP contribution is 2.17. The van der Waals surface area contributed by atoms with Crippen LogP contribution < -0.4 is 10.9 Å². The van der Waals surface area contributed by atoms with Crippen molar-refractivity contribution in [2.75, 3.05) is 5.75 Å². The van der Waals surface area contributed by atoms with E-state index < -0.39 is 17.2 Å². The predicted octanol–water partition coefficient (Wildman–Crippen LogP) is 3.14. The molecule has 1 amide bonds. The fourth-order valence-electron chi connectivity index (χ4n) is 2.33. The molecule has 6 nitrogen and oxygen atoms in total. The standard InChI is InChI=1S/C18H22F2N4O2S/c1-10(2)4-5-11(3)21-15(25)9-27-18-22-17(26)16(23-24-18)12-6-7-13(19)14(20)8-12/h6-8,10-11H,4-5,9H2,1-3H3,(H,21,25)(H,22,24,26)/t11-/m0/s1. The van der Waals surface area contributed by atoms with Crippen molar-refractivity contribution in [1.29, 1.82) is 0 Å². The van der Waals surface area contributed by atoms with E-state index in [-0.39, 0.29) is 34.1 Å². The summed E-state index contributed by atoms with van der Waals surface area (Å²) in [5.74, 6) is -1.59. The highest BCUT2D eigenvalue weighted by Gasteiger charge is 2.13. The van der Waals surface area contributed by atoms with Crippen LogP contribution in [0.4, 0.5) is 8.78 Å². The molecule has 0 aliphatic carbocycles. The fourth-order valence-corrected chi connectivity index (χ4v) is 2.94. The second-order valence-corrected chi connectivity index (χ2v) is 7.63. The van der Waals surface area contributed by atoms with Crippen molar-refractivity contribution in [3.05, 3.63) is 40.2 Å². The van der Waals surface area contributed by atoms with Gasteiger partial charge < -0.3 is 5.32 Å². The smallest absolute Gasteiger partial charge is 0.278 e. The number of aromatic amines is 1. The van der Waals surface area contributed by atoms with E-state index in [0.717, 1.165) is 36.7 Å². The Labute approximate surface area is 160 Å². The number of aromatic nitrogens is 3. The molecule has 0 saturated carbocycles. The molecule has 0 unspecified atom stereocenters. The van der Waals surface area contributed by atoms with Crippen LogP contribution in [-0.2, 0) is 4.79 Å². The minimum Gasteiger partial charge on any atom is -0.353 e. The maximum atomic E-state index is 13.3. The van der Waals surface area contributed by atoms with E-state index in [1.165, 1.54) is 6.07 Å². The third-order valence-electron chi connectivity index (χ3n) is 3.79. The largest absolute Gasteiger partial charge is 0.353 e. The fraction of sp³-hybridized carbons (Fsp3) is 0.444. The predicted molar refractivity (Wildman–Crippen MR) is 100 cm³/mol. The molecule has 0 saturated heterocycles. The molecule has 2 N–H and O–H groups in total. The summed E-state index contributed by atoms with van der Waals surface area (Å²) in [5.41, 5.74) is -0.592. The van der Waals surface area contributed by atoms with Crippen molar-refractivity contribution < 1.29 is 13.6 Å². The van der Waals surface area contributed by atoms with Crippen LogP contribution >= 0.6 is 11.8 Å². The van der Waals surface area contributed by atoms with Crippen LogP contribution in [-0.4, -0.2) is 32.9 Å².